The normalized spacial score (nSPS) is 23.6. The van der Waals surface area contributed by atoms with Gasteiger partial charge in [-0.1, -0.05) is 17.7 Å². The minimum atomic E-state index is -0.0351. The molecule has 19 heavy (non-hydrogen) atoms. The van der Waals surface area contributed by atoms with Gasteiger partial charge in [0.05, 0.1) is 21.6 Å². The fourth-order valence-electron chi connectivity index (χ4n) is 3.08. The van der Waals surface area contributed by atoms with Crippen molar-refractivity contribution in [3.63, 3.8) is 0 Å². The Labute approximate surface area is 119 Å². The van der Waals surface area contributed by atoms with Crippen LogP contribution in [0.5, 0.6) is 0 Å². The smallest absolute Gasteiger partial charge is 0.130 e. The van der Waals surface area contributed by atoms with E-state index >= 15 is 0 Å². The molecule has 0 spiro atoms. The van der Waals surface area contributed by atoms with Crippen LogP contribution in [-0.4, -0.2) is 16.1 Å². The topological polar surface area (TPSA) is 29.9 Å². The van der Waals surface area contributed by atoms with E-state index in [4.69, 9.17) is 16.6 Å². The van der Waals surface area contributed by atoms with Gasteiger partial charge in [-0.2, -0.15) is 0 Å². The van der Waals surface area contributed by atoms with E-state index < -0.39 is 0 Å². The van der Waals surface area contributed by atoms with Crippen molar-refractivity contribution in [2.24, 2.45) is 0 Å². The van der Waals surface area contributed by atoms with Gasteiger partial charge in [-0.05, 0) is 52.3 Å². The zero-order chi connectivity index (χ0) is 13.6. The number of hydrogen-bond donors (Lipinski definition) is 1. The lowest BCUT2D eigenvalue weighted by Gasteiger charge is -2.26. The van der Waals surface area contributed by atoms with Crippen molar-refractivity contribution >= 4 is 22.6 Å². The molecule has 0 saturated carbocycles. The summed E-state index contributed by atoms with van der Waals surface area (Å²) in [6.45, 7) is 7.68. The van der Waals surface area contributed by atoms with Gasteiger partial charge in [-0.3, -0.25) is 0 Å². The number of hydrogen-bond acceptors (Lipinski definition) is 2. The summed E-state index contributed by atoms with van der Waals surface area (Å²) >= 11 is 6.39. The summed E-state index contributed by atoms with van der Waals surface area (Å²) in [5, 5.41) is 4.38. The molecule has 1 unspecified atom stereocenters. The number of imidazole rings is 1. The molecule has 1 aromatic heterocycles. The Morgan fingerprint density at radius 1 is 1.42 bits per heavy atom. The SMILES string of the molecule is CC(C)n1c(C2(C)CCCN2)nc2cccc(Cl)c21. The first-order valence-corrected chi connectivity index (χ1v) is 7.33. The highest BCUT2D eigenvalue weighted by molar-refractivity contribution is 6.35. The molecule has 1 saturated heterocycles. The van der Waals surface area contributed by atoms with Crippen LogP contribution in [0.3, 0.4) is 0 Å². The second-order valence-electron chi connectivity index (χ2n) is 5.87. The fraction of sp³-hybridized carbons (Fsp3) is 0.533. The van der Waals surface area contributed by atoms with Gasteiger partial charge in [0.25, 0.3) is 0 Å². The van der Waals surface area contributed by atoms with E-state index in [1.807, 2.05) is 18.2 Å². The Balaban J connectivity index is 2.30. The van der Waals surface area contributed by atoms with Crippen LogP contribution in [0, 0.1) is 0 Å². The number of nitrogens with zero attached hydrogens (tertiary/aromatic N) is 2. The van der Waals surface area contributed by atoms with E-state index in [-0.39, 0.29) is 5.54 Å². The number of nitrogens with one attached hydrogen (secondary N) is 1. The Kier molecular flexibility index (Phi) is 3.06. The zero-order valence-corrected chi connectivity index (χ0v) is 12.5. The molecule has 0 bridgehead atoms. The van der Waals surface area contributed by atoms with Gasteiger partial charge in [0.1, 0.15) is 5.82 Å². The minimum Gasteiger partial charge on any atom is -0.323 e. The molecule has 1 aromatic carbocycles. The molecule has 1 atom stereocenters. The molecule has 2 heterocycles. The van der Waals surface area contributed by atoms with Crippen LogP contribution in [0.2, 0.25) is 5.02 Å². The summed E-state index contributed by atoms with van der Waals surface area (Å²) in [4.78, 5) is 4.86. The maximum absolute atomic E-state index is 6.39. The second kappa shape index (κ2) is 4.50. The van der Waals surface area contributed by atoms with Crippen molar-refractivity contribution in [2.45, 2.75) is 45.2 Å². The van der Waals surface area contributed by atoms with Crippen LogP contribution in [-0.2, 0) is 5.54 Å². The summed E-state index contributed by atoms with van der Waals surface area (Å²) in [5.41, 5.74) is 2.02. The number of benzene rings is 1. The largest absolute Gasteiger partial charge is 0.323 e. The second-order valence-corrected chi connectivity index (χ2v) is 6.28. The molecule has 0 aliphatic carbocycles. The van der Waals surface area contributed by atoms with E-state index in [9.17, 15) is 0 Å². The Bertz CT molecular complexity index is 609. The number of fused-ring (bicyclic) bond motifs is 1. The van der Waals surface area contributed by atoms with Gasteiger partial charge < -0.3 is 9.88 Å². The average Bonchev–Trinajstić information content (AvgIpc) is 2.94. The molecule has 102 valence electrons. The summed E-state index contributed by atoms with van der Waals surface area (Å²) in [6, 6.07) is 6.30. The number of rotatable bonds is 2. The van der Waals surface area contributed by atoms with Gasteiger partial charge in [0.2, 0.25) is 0 Å². The van der Waals surface area contributed by atoms with Crippen LogP contribution in [0.15, 0.2) is 18.2 Å². The van der Waals surface area contributed by atoms with Crippen LogP contribution >= 0.6 is 11.6 Å². The van der Waals surface area contributed by atoms with E-state index in [2.05, 4.69) is 30.7 Å². The molecule has 0 amide bonds. The van der Waals surface area contributed by atoms with Crippen molar-refractivity contribution in [1.82, 2.24) is 14.9 Å². The molecule has 4 heteroatoms. The van der Waals surface area contributed by atoms with E-state index in [0.717, 1.165) is 34.8 Å². The predicted octanol–water partition coefficient (Wildman–Crippen LogP) is 3.87. The molecule has 0 radical (unpaired) electrons. The summed E-state index contributed by atoms with van der Waals surface area (Å²) < 4.78 is 2.29. The number of para-hydroxylation sites is 1. The molecule has 1 fully saturated rings. The third-order valence-electron chi connectivity index (χ3n) is 4.04. The maximum atomic E-state index is 6.39. The Morgan fingerprint density at radius 3 is 2.84 bits per heavy atom. The van der Waals surface area contributed by atoms with E-state index in [0.29, 0.717) is 6.04 Å². The van der Waals surface area contributed by atoms with Crippen molar-refractivity contribution in [1.29, 1.82) is 0 Å². The van der Waals surface area contributed by atoms with E-state index in [1.165, 1.54) is 6.42 Å². The Morgan fingerprint density at radius 2 is 2.21 bits per heavy atom. The third kappa shape index (κ3) is 1.96. The molecule has 1 aliphatic heterocycles. The average molecular weight is 278 g/mol. The maximum Gasteiger partial charge on any atom is 0.130 e. The standard InChI is InChI=1S/C15H20ClN3/c1-10(2)19-13-11(16)6-4-7-12(13)18-14(19)15(3)8-5-9-17-15/h4,6-7,10,17H,5,8-9H2,1-3H3. The van der Waals surface area contributed by atoms with Crippen LogP contribution in [0.1, 0.15) is 45.5 Å². The minimum absolute atomic E-state index is 0.0351. The van der Waals surface area contributed by atoms with Gasteiger partial charge in [-0.25, -0.2) is 4.98 Å². The highest BCUT2D eigenvalue weighted by Gasteiger charge is 2.36. The summed E-state index contributed by atoms with van der Waals surface area (Å²) in [5.74, 6) is 1.11. The molecule has 1 aliphatic rings. The lowest BCUT2D eigenvalue weighted by Crippen LogP contribution is -2.36. The number of halogens is 1. The lowest BCUT2D eigenvalue weighted by molar-refractivity contribution is 0.378. The van der Waals surface area contributed by atoms with Gasteiger partial charge in [0, 0.05) is 6.04 Å². The first-order valence-electron chi connectivity index (χ1n) is 6.95. The monoisotopic (exact) mass is 277 g/mol. The van der Waals surface area contributed by atoms with Crippen molar-refractivity contribution in [3.8, 4) is 0 Å². The lowest BCUT2D eigenvalue weighted by atomic mass is 9.99. The fourth-order valence-corrected chi connectivity index (χ4v) is 3.34. The van der Waals surface area contributed by atoms with Gasteiger partial charge in [-0.15, -0.1) is 0 Å². The van der Waals surface area contributed by atoms with Crippen molar-refractivity contribution in [2.75, 3.05) is 6.54 Å². The summed E-state index contributed by atoms with van der Waals surface area (Å²) in [6.07, 6.45) is 2.33. The van der Waals surface area contributed by atoms with Crippen LogP contribution < -0.4 is 5.32 Å². The van der Waals surface area contributed by atoms with Gasteiger partial charge >= 0.3 is 0 Å². The highest BCUT2D eigenvalue weighted by Crippen LogP contribution is 2.36. The highest BCUT2D eigenvalue weighted by atomic mass is 35.5. The molecule has 3 nitrogen and oxygen atoms in total. The molecule has 3 rings (SSSR count). The van der Waals surface area contributed by atoms with Crippen LogP contribution in [0.25, 0.3) is 11.0 Å². The first-order chi connectivity index (χ1) is 9.03. The molecule has 1 N–H and O–H groups in total. The molecule has 2 aromatic rings. The zero-order valence-electron chi connectivity index (χ0n) is 11.7. The quantitative estimate of drug-likeness (QED) is 0.903. The van der Waals surface area contributed by atoms with Gasteiger partial charge in [0.15, 0.2) is 0 Å². The molecular weight excluding hydrogens is 258 g/mol. The molecular formula is C15H20ClN3. The van der Waals surface area contributed by atoms with Crippen molar-refractivity contribution < 1.29 is 0 Å². The van der Waals surface area contributed by atoms with E-state index in [1.54, 1.807) is 0 Å². The van der Waals surface area contributed by atoms with Crippen molar-refractivity contribution in [3.05, 3.63) is 29.0 Å². The first kappa shape index (κ1) is 12.9. The van der Waals surface area contributed by atoms with Crippen LogP contribution in [0.4, 0.5) is 0 Å². The Hall–Kier alpha value is -1.06. The number of aromatic nitrogens is 2. The third-order valence-corrected chi connectivity index (χ3v) is 4.34. The predicted molar refractivity (Wildman–Crippen MR) is 79.7 cm³/mol. The summed E-state index contributed by atoms with van der Waals surface area (Å²) in [7, 11) is 0.